The summed E-state index contributed by atoms with van der Waals surface area (Å²) in [5, 5.41) is 5.64. The first-order chi connectivity index (χ1) is 8.48. The first kappa shape index (κ1) is 12.9. The minimum atomic E-state index is -4.51. The van der Waals surface area contributed by atoms with Crippen molar-refractivity contribution >= 4 is 5.91 Å². The molecule has 1 aliphatic heterocycles. The summed E-state index contributed by atoms with van der Waals surface area (Å²) in [6.45, 7) is 1.37. The van der Waals surface area contributed by atoms with Gasteiger partial charge in [-0.05, 0) is 25.1 Å². The highest BCUT2D eigenvalue weighted by atomic mass is 19.4. The van der Waals surface area contributed by atoms with Gasteiger partial charge in [-0.3, -0.25) is 4.79 Å². The van der Waals surface area contributed by atoms with Crippen LogP contribution < -0.4 is 10.6 Å². The quantitative estimate of drug-likeness (QED) is 0.849. The number of amides is 1. The monoisotopic (exact) mass is 258 g/mol. The summed E-state index contributed by atoms with van der Waals surface area (Å²) < 4.78 is 38.2. The fourth-order valence-corrected chi connectivity index (χ4v) is 1.97. The summed E-state index contributed by atoms with van der Waals surface area (Å²) in [6.07, 6.45) is -3.78. The zero-order valence-corrected chi connectivity index (χ0v) is 9.55. The molecule has 0 aromatic heterocycles. The molecule has 98 valence electrons. The Balaban J connectivity index is 2.19. The first-order valence-electron chi connectivity index (χ1n) is 5.66. The molecule has 3 nitrogen and oxygen atoms in total. The summed E-state index contributed by atoms with van der Waals surface area (Å²) in [5.41, 5.74) is -1.22. The normalized spacial score (nSPS) is 19.8. The fourth-order valence-electron chi connectivity index (χ4n) is 1.97. The smallest absolute Gasteiger partial charge is 0.348 e. The number of hydrogen-bond acceptors (Lipinski definition) is 2. The maximum atomic E-state index is 12.7. The molecule has 1 fully saturated rings. The lowest BCUT2D eigenvalue weighted by atomic mass is 10.1. The van der Waals surface area contributed by atoms with Crippen LogP contribution in [0.25, 0.3) is 0 Å². The van der Waals surface area contributed by atoms with E-state index in [4.69, 9.17) is 0 Å². The zero-order valence-electron chi connectivity index (χ0n) is 9.55. The molecule has 1 aromatic carbocycles. The van der Waals surface area contributed by atoms with Crippen LogP contribution >= 0.6 is 0 Å². The van der Waals surface area contributed by atoms with Crippen molar-refractivity contribution < 1.29 is 18.0 Å². The van der Waals surface area contributed by atoms with Crippen LogP contribution in [0.2, 0.25) is 0 Å². The minimum absolute atomic E-state index is 0.0983. The average molecular weight is 258 g/mol. The van der Waals surface area contributed by atoms with Gasteiger partial charge in [0.1, 0.15) is 0 Å². The molecule has 2 N–H and O–H groups in total. The molecular weight excluding hydrogens is 245 g/mol. The highest BCUT2D eigenvalue weighted by molar-refractivity contribution is 5.96. The lowest BCUT2D eigenvalue weighted by Gasteiger charge is -2.15. The molecule has 0 aliphatic carbocycles. The van der Waals surface area contributed by atoms with Crippen molar-refractivity contribution in [1.29, 1.82) is 0 Å². The Bertz CT molecular complexity index is 439. The molecule has 0 unspecified atom stereocenters. The lowest BCUT2D eigenvalue weighted by molar-refractivity contribution is -0.137. The number of alkyl halides is 3. The van der Waals surface area contributed by atoms with Gasteiger partial charge in [-0.25, -0.2) is 0 Å². The fraction of sp³-hybridized carbons (Fsp3) is 0.417. The van der Waals surface area contributed by atoms with E-state index in [1.807, 2.05) is 0 Å². The number of benzene rings is 1. The number of carbonyl (C=O) groups excluding carboxylic acids is 1. The van der Waals surface area contributed by atoms with Crippen LogP contribution in [0, 0.1) is 0 Å². The second-order valence-electron chi connectivity index (χ2n) is 4.21. The number of rotatable bonds is 2. The standard InChI is InChI=1S/C12H13F3N2O/c13-12(14,15)10-4-2-1-3-9(10)11(18)17-8-5-6-16-7-8/h1-4,8,16H,5-7H2,(H,17,18)/t8-/m0/s1. The Labute approximate surface area is 102 Å². The van der Waals surface area contributed by atoms with E-state index in [1.54, 1.807) is 0 Å². The van der Waals surface area contributed by atoms with E-state index < -0.39 is 17.6 Å². The van der Waals surface area contributed by atoms with Crippen LogP contribution in [0.15, 0.2) is 24.3 Å². The Morgan fingerprint density at radius 1 is 1.33 bits per heavy atom. The van der Waals surface area contributed by atoms with Crippen LogP contribution in [-0.2, 0) is 6.18 Å². The summed E-state index contributed by atoms with van der Waals surface area (Å²) in [7, 11) is 0. The van der Waals surface area contributed by atoms with E-state index in [9.17, 15) is 18.0 Å². The molecule has 1 atom stereocenters. The third-order valence-electron chi connectivity index (χ3n) is 2.87. The van der Waals surface area contributed by atoms with Crippen molar-refractivity contribution in [2.24, 2.45) is 0 Å². The van der Waals surface area contributed by atoms with Crippen molar-refractivity contribution in [3.8, 4) is 0 Å². The summed E-state index contributed by atoms with van der Waals surface area (Å²) in [4.78, 5) is 11.8. The van der Waals surface area contributed by atoms with Gasteiger partial charge in [0.15, 0.2) is 0 Å². The van der Waals surface area contributed by atoms with Gasteiger partial charge < -0.3 is 10.6 Å². The molecule has 2 rings (SSSR count). The van der Waals surface area contributed by atoms with Gasteiger partial charge in [0, 0.05) is 12.6 Å². The second-order valence-corrected chi connectivity index (χ2v) is 4.21. The van der Waals surface area contributed by atoms with Crippen LogP contribution in [0.1, 0.15) is 22.3 Å². The molecular formula is C12H13F3N2O. The van der Waals surface area contributed by atoms with Crippen LogP contribution in [-0.4, -0.2) is 25.0 Å². The molecule has 6 heteroatoms. The van der Waals surface area contributed by atoms with E-state index in [-0.39, 0.29) is 11.6 Å². The molecule has 1 saturated heterocycles. The topological polar surface area (TPSA) is 41.1 Å². The SMILES string of the molecule is O=C(N[C@H]1CCNC1)c1ccccc1C(F)(F)F. The van der Waals surface area contributed by atoms with E-state index in [0.29, 0.717) is 6.54 Å². The molecule has 1 heterocycles. The number of hydrogen-bond donors (Lipinski definition) is 2. The first-order valence-corrected chi connectivity index (χ1v) is 5.66. The van der Waals surface area contributed by atoms with Crippen LogP contribution in [0.5, 0.6) is 0 Å². The van der Waals surface area contributed by atoms with Gasteiger partial charge >= 0.3 is 6.18 Å². The summed E-state index contributed by atoms with van der Waals surface area (Å²) in [5.74, 6) is -0.670. The lowest BCUT2D eigenvalue weighted by Crippen LogP contribution is -2.37. The van der Waals surface area contributed by atoms with Crippen molar-refractivity contribution in [3.63, 3.8) is 0 Å². The molecule has 1 amide bonds. The zero-order chi connectivity index (χ0) is 13.2. The van der Waals surface area contributed by atoms with Crippen LogP contribution in [0.4, 0.5) is 13.2 Å². The largest absolute Gasteiger partial charge is 0.417 e. The van der Waals surface area contributed by atoms with Crippen LogP contribution in [0.3, 0.4) is 0 Å². The predicted molar refractivity (Wildman–Crippen MR) is 60.2 cm³/mol. The maximum Gasteiger partial charge on any atom is 0.417 e. The Hall–Kier alpha value is -1.56. The maximum absolute atomic E-state index is 12.7. The third-order valence-corrected chi connectivity index (χ3v) is 2.87. The van der Waals surface area contributed by atoms with Gasteiger partial charge in [0.2, 0.25) is 0 Å². The molecule has 0 bridgehead atoms. The van der Waals surface area contributed by atoms with E-state index in [2.05, 4.69) is 10.6 Å². The Kier molecular flexibility index (Phi) is 3.56. The molecule has 1 aliphatic rings. The summed E-state index contributed by atoms with van der Waals surface area (Å²) in [6, 6.07) is 4.72. The predicted octanol–water partition coefficient (Wildman–Crippen LogP) is 1.80. The van der Waals surface area contributed by atoms with E-state index in [0.717, 1.165) is 19.0 Å². The molecule has 18 heavy (non-hydrogen) atoms. The summed E-state index contributed by atoms with van der Waals surface area (Å²) >= 11 is 0. The van der Waals surface area contributed by atoms with Gasteiger partial charge in [-0.1, -0.05) is 12.1 Å². The highest BCUT2D eigenvalue weighted by Gasteiger charge is 2.35. The third kappa shape index (κ3) is 2.81. The Morgan fingerprint density at radius 3 is 2.67 bits per heavy atom. The minimum Gasteiger partial charge on any atom is -0.348 e. The van der Waals surface area contributed by atoms with Gasteiger partial charge in [0.05, 0.1) is 11.1 Å². The number of carbonyl (C=O) groups is 1. The highest BCUT2D eigenvalue weighted by Crippen LogP contribution is 2.31. The molecule has 0 saturated carbocycles. The van der Waals surface area contributed by atoms with E-state index in [1.165, 1.54) is 18.2 Å². The van der Waals surface area contributed by atoms with Gasteiger partial charge in [-0.15, -0.1) is 0 Å². The van der Waals surface area contributed by atoms with Crippen molar-refractivity contribution in [3.05, 3.63) is 35.4 Å². The van der Waals surface area contributed by atoms with Crippen molar-refractivity contribution in [1.82, 2.24) is 10.6 Å². The molecule has 0 spiro atoms. The van der Waals surface area contributed by atoms with Gasteiger partial charge in [0.25, 0.3) is 5.91 Å². The van der Waals surface area contributed by atoms with Crippen molar-refractivity contribution in [2.75, 3.05) is 13.1 Å². The Morgan fingerprint density at radius 2 is 2.06 bits per heavy atom. The molecule has 0 radical (unpaired) electrons. The van der Waals surface area contributed by atoms with E-state index >= 15 is 0 Å². The van der Waals surface area contributed by atoms with Crippen molar-refractivity contribution in [2.45, 2.75) is 18.6 Å². The average Bonchev–Trinajstić information content (AvgIpc) is 2.80. The number of nitrogens with one attached hydrogen (secondary N) is 2. The second kappa shape index (κ2) is 4.97. The van der Waals surface area contributed by atoms with Gasteiger partial charge in [-0.2, -0.15) is 13.2 Å². The molecule has 1 aromatic rings. The number of halogens is 3.